The molecule has 2 aromatic heterocycles. The summed E-state index contributed by atoms with van der Waals surface area (Å²) >= 11 is 0. The lowest BCUT2D eigenvalue weighted by molar-refractivity contribution is 0.164. The van der Waals surface area contributed by atoms with Gasteiger partial charge in [0.2, 0.25) is 0 Å². The second-order valence-electron chi connectivity index (χ2n) is 8.06. The molecule has 0 unspecified atom stereocenters. The van der Waals surface area contributed by atoms with Gasteiger partial charge < -0.3 is 4.74 Å². The summed E-state index contributed by atoms with van der Waals surface area (Å²) in [7, 11) is 1.67. The number of likely N-dealkylation sites (N-methyl/N-ethyl adjacent to an activating group) is 1. The summed E-state index contributed by atoms with van der Waals surface area (Å²) in [6.45, 7) is 7.25. The normalized spacial score (nSPS) is 16.7. The van der Waals surface area contributed by atoms with Gasteiger partial charge in [-0.2, -0.15) is 0 Å². The third-order valence-electron chi connectivity index (χ3n) is 5.95. The van der Waals surface area contributed by atoms with Gasteiger partial charge in [-0.05, 0) is 62.3 Å². The molecule has 1 fully saturated rings. The summed E-state index contributed by atoms with van der Waals surface area (Å²) < 4.78 is 5.23. The molecular weight excluding hydrogens is 386 g/mol. The van der Waals surface area contributed by atoms with E-state index >= 15 is 0 Å². The molecule has 6 heteroatoms. The van der Waals surface area contributed by atoms with E-state index in [2.05, 4.69) is 43.8 Å². The highest BCUT2D eigenvalue weighted by molar-refractivity contribution is 5.55. The van der Waals surface area contributed by atoms with Crippen molar-refractivity contribution in [3.63, 3.8) is 0 Å². The summed E-state index contributed by atoms with van der Waals surface area (Å²) in [4.78, 5) is 18.9. The number of nitrogens with zero attached hydrogens (tertiary/aromatic N) is 5. The van der Waals surface area contributed by atoms with Gasteiger partial charge >= 0.3 is 0 Å². The van der Waals surface area contributed by atoms with Crippen LogP contribution < -0.4 is 4.74 Å². The van der Waals surface area contributed by atoms with Gasteiger partial charge in [0.05, 0.1) is 12.8 Å². The SMILES string of the molecule is CCN1CCC[C@@H]1CN(Cc1cnc(-c2ccc(OC)cc2)nc1)Cc1ccccn1. The van der Waals surface area contributed by atoms with Crippen LogP contribution in [0.1, 0.15) is 31.0 Å². The first kappa shape index (κ1) is 21.4. The van der Waals surface area contributed by atoms with Crippen LogP contribution in [0.25, 0.3) is 11.4 Å². The molecule has 1 saturated heterocycles. The van der Waals surface area contributed by atoms with Gasteiger partial charge in [-0.25, -0.2) is 9.97 Å². The van der Waals surface area contributed by atoms with Crippen molar-refractivity contribution in [3.8, 4) is 17.1 Å². The fourth-order valence-electron chi connectivity index (χ4n) is 4.31. The molecule has 0 spiro atoms. The Bertz CT molecular complexity index is 930. The maximum absolute atomic E-state index is 5.23. The minimum Gasteiger partial charge on any atom is -0.497 e. The highest BCUT2D eigenvalue weighted by Gasteiger charge is 2.25. The first-order valence-electron chi connectivity index (χ1n) is 11.1. The Balaban J connectivity index is 1.47. The minimum atomic E-state index is 0.605. The van der Waals surface area contributed by atoms with Crippen molar-refractivity contribution >= 4 is 0 Å². The number of pyridine rings is 1. The van der Waals surface area contributed by atoms with Crippen LogP contribution in [0.4, 0.5) is 0 Å². The summed E-state index contributed by atoms with van der Waals surface area (Å²) in [6, 6.07) is 14.6. The van der Waals surface area contributed by atoms with Gasteiger partial charge in [-0.15, -0.1) is 0 Å². The number of hydrogen-bond acceptors (Lipinski definition) is 6. The molecule has 1 aliphatic heterocycles. The van der Waals surface area contributed by atoms with Crippen LogP contribution in [0.2, 0.25) is 0 Å². The van der Waals surface area contributed by atoms with Crippen LogP contribution in [0.3, 0.4) is 0 Å². The fraction of sp³-hybridized carbons (Fsp3) is 0.400. The van der Waals surface area contributed by atoms with E-state index in [0.717, 1.165) is 54.6 Å². The molecule has 1 aromatic carbocycles. The second-order valence-corrected chi connectivity index (χ2v) is 8.06. The van der Waals surface area contributed by atoms with E-state index in [4.69, 9.17) is 4.74 Å². The third-order valence-corrected chi connectivity index (χ3v) is 5.95. The number of likely N-dealkylation sites (tertiary alicyclic amines) is 1. The lowest BCUT2D eigenvalue weighted by Crippen LogP contribution is -2.40. The van der Waals surface area contributed by atoms with Crippen LogP contribution in [-0.4, -0.2) is 57.5 Å². The molecule has 0 aliphatic carbocycles. The van der Waals surface area contributed by atoms with Gasteiger partial charge in [0, 0.05) is 55.4 Å². The van der Waals surface area contributed by atoms with Crippen molar-refractivity contribution in [1.29, 1.82) is 0 Å². The average Bonchev–Trinajstić information content (AvgIpc) is 3.27. The molecule has 0 radical (unpaired) electrons. The van der Waals surface area contributed by atoms with Gasteiger partial charge in [0.1, 0.15) is 5.75 Å². The quantitative estimate of drug-likeness (QED) is 0.524. The van der Waals surface area contributed by atoms with Crippen molar-refractivity contribution in [2.75, 3.05) is 26.7 Å². The number of benzene rings is 1. The molecule has 3 aromatic rings. The molecular formula is C25H31N5O. The molecule has 0 saturated carbocycles. The molecule has 0 N–H and O–H groups in total. The van der Waals surface area contributed by atoms with Crippen LogP contribution in [-0.2, 0) is 13.1 Å². The lowest BCUT2D eigenvalue weighted by atomic mass is 10.1. The topological polar surface area (TPSA) is 54.4 Å². The first-order valence-corrected chi connectivity index (χ1v) is 11.1. The van der Waals surface area contributed by atoms with E-state index in [-0.39, 0.29) is 0 Å². The van der Waals surface area contributed by atoms with E-state index in [1.165, 1.54) is 19.4 Å². The third kappa shape index (κ3) is 5.66. The van der Waals surface area contributed by atoms with Crippen LogP contribution in [0.5, 0.6) is 5.75 Å². The summed E-state index contributed by atoms with van der Waals surface area (Å²) in [5.74, 6) is 1.56. The molecule has 0 amide bonds. The van der Waals surface area contributed by atoms with Crippen molar-refractivity contribution in [2.24, 2.45) is 0 Å². The van der Waals surface area contributed by atoms with E-state index in [0.29, 0.717) is 6.04 Å². The Labute approximate surface area is 184 Å². The monoisotopic (exact) mass is 417 g/mol. The molecule has 1 aliphatic rings. The molecule has 31 heavy (non-hydrogen) atoms. The van der Waals surface area contributed by atoms with Crippen molar-refractivity contribution < 1.29 is 4.74 Å². The Kier molecular flexibility index (Phi) is 7.22. The van der Waals surface area contributed by atoms with Crippen molar-refractivity contribution in [3.05, 3.63) is 72.3 Å². The van der Waals surface area contributed by atoms with Crippen LogP contribution in [0, 0.1) is 0 Å². The number of hydrogen-bond donors (Lipinski definition) is 0. The standard InChI is InChI=1S/C25H31N5O/c1-3-30-14-6-8-23(30)19-29(18-22-7-4-5-13-26-22)17-20-15-27-25(28-16-20)21-9-11-24(31-2)12-10-21/h4-5,7,9-13,15-16,23H,3,6,8,14,17-19H2,1-2H3/t23-/m1/s1. The second kappa shape index (κ2) is 10.5. The van der Waals surface area contributed by atoms with Crippen LogP contribution >= 0.6 is 0 Å². The number of methoxy groups -OCH3 is 1. The Morgan fingerprint density at radius 3 is 2.52 bits per heavy atom. The van der Waals surface area contributed by atoms with Crippen LogP contribution in [0.15, 0.2) is 61.1 Å². The minimum absolute atomic E-state index is 0.605. The van der Waals surface area contributed by atoms with Gasteiger partial charge in [0.25, 0.3) is 0 Å². The zero-order valence-electron chi connectivity index (χ0n) is 18.4. The summed E-state index contributed by atoms with van der Waals surface area (Å²) in [5, 5.41) is 0. The maximum atomic E-state index is 5.23. The van der Waals surface area contributed by atoms with E-state index < -0.39 is 0 Å². The summed E-state index contributed by atoms with van der Waals surface area (Å²) in [5.41, 5.74) is 3.20. The lowest BCUT2D eigenvalue weighted by Gasteiger charge is -2.30. The molecule has 4 rings (SSSR count). The molecule has 0 bridgehead atoms. The molecule has 1 atom stereocenters. The average molecular weight is 418 g/mol. The van der Waals surface area contributed by atoms with Crippen molar-refractivity contribution in [1.82, 2.24) is 24.8 Å². The van der Waals surface area contributed by atoms with E-state index in [1.54, 1.807) is 7.11 Å². The Hall–Kier alpha value is -2.83. The maximum Gasteiger partial charge on any atom is 0.159 e. The van der Waals surface area contributed by atoms with Crippen molar-refractivity contribution in [2.45, 2.75) is 38.9 Å². The Morgan fingerprint density at radius 2 is 1.84 bits per heavy atom. The largest absolute Gasteiger partial charge is 0.497 e. The Morgan fingerprint density at radius 1 is 1.03 bits per heavy atom. The van der Waals surface area contributed by atoms with E-state index in [9.17, 15) is 0 Å². The fourth-order valence-corrected chi connectivity index (χ4v) is 4.31. The number of rotatable bonds is 9. The molecule has 6 nitrogen and oxygen atoms in total. The first-order chi connectivity index (χ1) is 15.2. The van der Waals surface area contributed by atoms with Gasteiger partial charge in [-0.3, -0.25) is 14.8 Å². The predicted molar refractivity (Wildman–Crippen MR) is 123 cm³/mol. The number of aromatic nitrogens is 3. The summed E-state index contributed by atoms with van der Waals surface area (Å²) in [6.07, 6.45) is 8.32. The highest BCUT2D eigenvalue weighted by atomic mass is 16.5. The highest BCUT2D eigenvalue weighted by Crippen LogP contribution is 2.21. The van der Waals surface area contributed by atoms with Gasteiger partial charge in [-0.1, -0.05) is 13.0 Å². The molecule has 162 valence electrons. The predicted octanol–water partition coefficient (Wildman–Crippen LogP) is 4.03. The molecule has 3 heterocycles. The van der Waals surface area contributed by atoms with Gasteiger partial charge in [0.15, 0.2) is 5.82 Å². The number of ether oxygens (including phenoxy) is 1. The smallest absolute Gasteiger partial charge is 0.159 e. The zero-order valence-corrected chi connectivity index (χ0v) is 18.4. The zero-order chi connectivity index (χ0) is 21.5. The van der Waals surface area contributed by atoms with E-state index in [1.807, 2.05) is 48.9 Å².